The first-order chi connectivity index (χ1) is 27.0. The second kappa shape index (κ2) is 17.3. The molecule has 4 aliphatic rings. The summed E-state index contributed by atoms with van der Waals surface area (Å²) in [5, 5.41) is 40.0. The Labute approximate surface area is 338 Å². The molecule has 2 unspecified atom stereocenters. The first-order valence-corrected chi connectivity index (χ1v) is 20.3. The van der Waals surface area contributed by atoms with E-state index in [1.807, 2.05) is 86.5 Å². The SMILES string of the molecule is COc1c(CN2O[C@@H](CO)[C@@H]([C@H](C)O)[C@H]2C(=O)N[C@H]2CC3C[C@@H]([C@@H]2C)C3(C)C)cccc1-c1cc(C(=O)NC(Cc2ccccc2O)CN(C)C)cc(N(C)C)c1. The highest BCUT2D eigenvalue weighted by atomic mass is 16.7. The molecule has 3 saturated carbocycles. The van der Waals surface area contributed by atoms with Gasteiger partial charge in [-0.3, -0.25) is 14.4 Å². The zero-order valence-electron chi connectivity index (χ0n) is 35.0. The van der Waals surface area contributed by atoms with Gasteiger partial charge < -0.3 is 40.5 Å². The summed E-state index contributed by atoms with van der Waals surface area (Å²) in [5.74, 6) is 1.05. The van der Waals surface area contributed by atoms with Crippen LogP contribution in [0, 0.1) is 29.1 Å². The van der Waals surface area contributed by atoms with Gasteiger partial charge in [0.05, 0.1) is 26.4 Å². The number of methoxy groups -OCH3 is 1. The predicted molar refractivity (Wildman–Crippen MR) is 222 cm³/mol. The molecule has 2 amide bonds. The Morgan fingerprint density at radius 2 is 1.75 bits per heavy atom. The van der Waals surface area contributed by atoms with Crippen LogP contribution in [-0.4, -0.2) is 116 Å². The van der Waals surface area contributed by atoms with Gasteiger partial charge in [-0.2, -0.15) is 5.06 Å². The maximum absolute atomic E-state index is 14.3. The van der Waals surface area contributed by atoms with Gasteiger partial charge in [-0.15, -0.1) is 0 Å². The number of anilines is 1. The van der Waals surface area contributed by atoms with Crippen LogP contribution in [0.3, 0.4) is 0 Å². The number of nitrogens with zero attached hydrogens (tertiary/aromatic N) is 3. The maximum Gasteiger partial charge on any atom is 0.251 e. The second-order valence-corrected chi connectivity index (χ2v) is 17.7. The number of rotatable bonds is 15. The fourth-order valence-corrected chi connectivity index (χ4v) is 9.81. The number of aromatic hydroxyl groups is 1. The van der Waals surface area contributed by atoms with E-state index < -0.39 is 24.2 Å². The molecule has 57 heavy (non-hydrogen) atoms. The van der Waals surface area contributed by atoms with Crippen molar-refractivity contribution in [2.45, 2.75) is 83.8 Å². The van der Waals surface area contributed by atoms with E-state index in [-0.39, 0.29) is 48.2 Å². The van der Waals surface area contributed by atoms with Crippen molar-refractivity contribution >= 4 is 17.5 Å². The molecule has 1 aliphatic heterocycles. The number of hydroxylamine groups is 2. The van der Waals surface area contributed by atoms with Crippen molar-refractivity contribution in [3.8, 4) is 22.6 Å². The molecular formula is C45H63N5O7. The molecule has 9 atom stereocenters. The fourth-order valence-electron chi connectivity index (χ4n) is 9.81. The Kier molecular flexibility index (Phi) is 12.9. The smallest absolute Gasteiger partial charge is 0.251 e. The maximum atomic E-state index is 14.3. The fraction of sp³-hybridized carbons (Fsp3) is 0.556. The van der Waals surface area contributed by atoms with Gasteiger partial charge >= 0.3 is 0 Å². The van der Waals surface area contributed by atoms with Crippen molar-refractivity contribution in [3.05, 3.63) is 77.4 Å². The zero-order chi connectivity index (χ0) is 41.3. The van der Waals surface area contributed by atoms with E-state index in [1.54, 1.807) is 31.2 Å². The van der Waals surface area contributed by atoms with Crippen LogP contribution < -0.4 is 20.3 Å². The van der Waals surface area contributed by atoms with Gasteiger partial charge in [0.15, 0.2) is 0 Å². The van der Waals surface area contributed by atoms with Crippen LogP contribution in [0.25, 0.3) is 11.1 Å². The number of phenolic OH excluding ortho intramolecular Hbond substituents is 1. The minimum atomic E-state index is -0.915. The van der Waals surface area contributed by atoms with Crippen LogP contribution in [0.15, 0.2) is 60.7 Å². The molecule has 12 nitrogen and oxygen atoms in total. The Balaban J connectivity index is 1.29. The summed E-state index contributed by atoms with van der Waals surface area (Å²) >= 11 is 0. The lowest BCUT2D eigenvalue weighted by atomic mass is 9.45. The van der Waals surface area contributed by atoms with Crippen LogP contribution >= 0.6 is 0 Å². The lowest BCUT2D eigenvalue weighted by molar-refractivity contribution is -0.183. The highest BCUT2D eigenvalue weighted by molar-refractivity contribution is 5.97. The topological polar surface area (TPSA) is 147 Å². The number of likely N-dealkylation sites (N-methyl/N-ethyl adjacent to an activating group) is 1. The number of aliphatic hydroxyl groups is 2. The Morgan fingerprint density at radius 1 is 1.04 bits per heavy atom. The van der Waals surface area contributed by atoms with Crippen LogP contribution in [0.5, 0.6) is 11.5 Å². The summed E-state index contributed by atoms with van der Waals surface area (Å²) in [5.41, 5.74) is 4.55. The molecule has 2 bridgehead atoms. The number of hydrogen-bond acceptors (Lipinski definition) is 10. The summed E-state index contributed by atoms with van der Waals surface area (Å²) < 4.78 is 6.10. The number of para-hydroxylation sites is 2. The summed E-state index contributed by atoms with van der Waals surface area (Å²) in [7, 11) is 9.34. The molecule has 7 rings (SSSR count). The largest absolute Gasteiger partial charge is 0.508 e. The normalized spacial score (nSPS) is 26.4. The number of nitrogens with one attached hydrogen (secondary N) is 2. The monoisotopic (exact) mass is 785 g/mol. The van der Waals surface area contributed by atoms with Crippen molar-refractivity contribution in [2.24, 2.45) is 29.1 Å². The van der Waals surface area contributed by atoms with Gasteiger partial charge in [-0.05, 0) is 98.8 Å². The molecule has 5 N–H and O–H groups in total. The Bertz CT molecular complexity index is 1900. The van der Waals surface area contributed by atoms with Crippen molar-refractivity contribution in [2.75, 3.05) is 53.4 Å². The van der Waals surface area contributed by atoms with E-state index >= 15 is 0 Å². The van der Waals surface area contributed by atoms with E-state index in [9.17, 15) is 24.9 Å². The number of hydrogen-bond donors (Lipinski definition) is 5. The molecule has 4 fully saturated rings. The minimum Gasteiger partial charge on any atom is -0.508 e. The summed E-state index contributed by atoms with van der Waals surface area (Å²) in [6.07, 6.45) is 0.878. The Morgan fingerprint density at radius 3 is 2.37 bits per heavy atom. The number of phenols is 1. The third-order valence-electron chi connectivity index (χ3n) is 13.1. The van der Waals surface area contributed by atoms with E-state index in [2.05, 4.69) is 31.4 Å². The van der Waals surface area contributed by atoms with E-state index in [1.165, 1.54) is 6.42 Å². The molecule has 3 aromatic rings. The molecule has 0 radical (unpaired) electrons. The Hall–Kier alpha value is -4.20. The molecule has 0 spiro atoms. The summed E-state index contributed by atoms with van der Waals surface area (Å²) in [6.45, 7) is 8.90. The quantitative estimate of drug-likeness (QED) is 0.147. The van der Waals surface area contributed by atoms with Gasteiger partial charge in [-0.25, -0.2) is 0 Å². The predicted octanol–water partition coefficient (Wildman–Crippen LogP) is 4.70. The number of carbonyl (C=O) groups is 2. The molecule has 1 saturated heterocycles. The van der Waals surface area contributed by atoms with E-state index in [0.717, 1.165) is 34.4 Å². The second-order valence-electron chi connectivity index (χ2n) is 17.7. The van der Waals surface area contributed by atoms with Gasteiger partial charge in [0.2, 0.25) is 5.91 Å². The lowest BCUT2D eigenvalue weighted by Crippen LogP contribution is -2.62. The first-order valence-electron chi connectivity index (χ1n) is 20.3. The number of benzene rings is 3. The van der Waals surface area contributed by atoms with Crippen molar-refractivity contribution in [1.82, 2.24) is 20.6 Å². The van der Waals surface area contributed by atoms with E-state index in [0.29, 0.717) is 42.0 Å². The van der Waals surface area contributed by atoms with Gasteiger partial charge in [-0.1, -0.05) is 57.2 Å². The van der Waals surface area contributed by atoms with Crippen LogP contribution in [0.1, 0.15) is 62.0 Å². The zero-order valence-corrected chi connectivity index (χ0v) is 35.0. The molecule has 12 heteroatoms. The minimum absolute atomic E-state index is 0.0239. The molecule has 0 aromatic heterocycles. The third-order valence-corrected chi connectivity index (χ3v) is 13.1. The number of ether oxygens (including phenoxy) is 1. The summed E-state index contributed by atoms with van der Waals surface area (Å²) in [4.78, 5) is 38.6. The number of aliphatic hydroxyl groups excluding tert-OH is 2. The van der Waals surface area contributed by atoms with Gasteiger partial charge in [0.1, 0.15) is 23.6 Å². The lowest BCUT2D eigenvalue weighted by Gasteiger charge is -2.62. The highest BCUT2D eigenvalue weighted by Gasteiger charge is 2.57. The summed E-state index contributed by atoms with van der Waals surface area (Å²) in [6, 6.07) is 17.5. The molecule has 1 heterocycles. The van der Waals surface area contributed by atoms with Crippen LogP contribution in [0.2, 0.25) is 0 Å². The van der Waals surface area contributed by atoms with Crippen molar-refractivity contribution < 1.29 is 34.5 Å². The molecular weight excluding hydrogens is 723 g/mol. The van der Waals surface area contributed by atoms with Crippen molar-refractivity contribution in [1.29, 1.82) is 0 Å². The van der Waals surface area contributed by atoms with Crippen molar-refractivity contribution in [3.63, 3.8) is 0 Å². The third kappa shape index (κ3) is 8.80. The number of carbonyl (C=O) groups excluding carboxylic acids is 2. The van der Waals surface area contributed by atoms with Gasteiger partial charge in [0.25, 0.3) is 5.91 Å². The molecule has 3 aromatic carbocycles. The first kappa shape index (κ1) is 42.4. The highest BCUT2D eigenvalue weighted by Crippen LogP contribution is 2.61. The van der Waals surface area contributed by atoms with Gasteiger partial charge in [0, 0.05) is 61.0 Å². The average molecular weight is 786 g/mol. The number of fused-ring (bicyclic) bond motifs is 2. The standard InChI is InChI=1S/C45H63N5O7/c1-26-36-21-32(45(36,3)4)22-37(26)47-44(55)41-40(27(2)52)39(25-51)57-50(41)23-29-14-12-15-35(42(29)56-9)30-17-31(20-34(19-30)49(7)8)43(54)46-33(24-48(5)6)18-28-13-10-11-16-38(28)53/h10-17,19-20,26-27,32-33,36-37,39-41,51-53H,18,21-25H2,1-9H3,(H,46,54)(H,47,55)/t26-,27-,32?,33?,36-,37-,39-,40+,41-/m0/s1. The van der Waals surface area contributed by atoms with Crippen LogP contribution in [-0.2, 0) is 22.6 Å². The molecule has 310 valence electrons. The van der Waals surface area contributed by atoms with Crippen LogP contribution in [0.4, 0.5) is 5.69 Å². The molecule has 3 aliphatic carbocycles. The van der Waals surface area contributed by atoms with E-state index in [4.69, 9.17) is 9.57 Å². The average Bonchev–Trinajstić information content (AvgIpc) is 3.54. The number of amides is 2.